The first kappa shape index (κ1) is 19.7. The lowest BCUT2D eigenvalue weighted by Gasteiger charge is -2.32. The van der Waals surface area contributed by atoms with E-state index in [-0.39, 0.29) is 11.8 Å². The van der Waals surface area contributed by atoms with Gasteiger partial charge >= 0.3 is 0 Å². The first-order valence-electron chi connectivity index (χ1n) is 10.2. The van der Waals surface area contributed by atoms with Gasteiger partial charge in [0.25, 0.3) is 0 Å². The molecule has 4 rings (SSSR count). The minimum atomic E-state index is -0.0336. The summed E-state index contributed by atoms with van der Waals surface area (Å²) in [6, 6.07) is 12.1. The van der Waals surface area contributed by atoms with Gasteiger partial charge in [0.1, 0.15) is 5.75 Å². The van der Waals surface area contributed by atoms with Crippen molar-refractivity contribution in [3.63, 3.8) is 0 Å². The maximum Gasteiger partial charge on any atom is 0.229 e. The Labute approximate surface area is 175 Å². The number of nitrogens with one attached hydrogen (secondary N) is 1. The molecular weight excluding hydrogens is 382 g/mol. The van der Waals surface area contributed by atoms with Gasteiger partial charge in [0.15, 0.2) is 5.13 Å². The average molecular weight is 410 g/mol. The van der Waals surface area contributed by atoms with Crippen LogP contribution >= 0.6 is 11.3 Å². The van der Waals surface area contributed by atoms with Gasteiger partial charge in [-0.15, -0.1) is 0 Å². The number of para-hydroxylation sites is 1. The van der Waals surface area contributed by atoms with Crippen LogP contribution in [0.3, 0.4) is 0 Å². The highest BCUT2D eigenvalue weighted by molar-refractivity contribution is 7.22. The predicted octanol–water partition coefficient (Wildman–Crippen LogP) is 5.17. The van der Waals surface area contributed by atoms with E-state index < -0.39 is 0 Å². The molecule has 2 aromatic carbocycles. The Kier molecular flexibility index (Phi) is 5.72. The number of carbonyl (C=O) groups excluding carboxylic acids is 1. The molecule has 1 N–H and O–H groups in total. The van der Waals surface area contributed by atoms with Crippen molar-refractivity contribution in [3.05, 3.63) is 47.5 Å². The van der Waals surface area contributed by atoms with Crippen molar-refractivity contribution in [2.24, 2.45) is 5.92 Å². The Morgan fingerprint density at radius 3 is 2.83 bits per heavy atom. The summed E-state index contributed by atoms with van der Waals surface area (Å²) in [4.78, 5) is 20.0. The molecule has 0 spiro atoms. The van der Waals surface area contributed by atoms with Gasteiger partial charge in [-0.25, -0.2) is 4.98 Å². The van der Waals surface area contributed by atoms with Gasteiger partial charge in [0.05, 0.1) is 22.7 Å². The van der Waals surface area contributed by atoms with Gasteiger partial charge in [0, 0.05) is 18.8 Å². The number of benzene rings is 2. The molecule has 0 radical (unpaired) electrons. The summed E-state index contributed by atoms with van der Waals surface area (Å²) >= 11 is 1.67. The molecule has 3 aromatic rings. The number of fused-ring (bicyclic) bond motifs is 1. The first-order valence-corrected chi connectivity index (χ1v) is 11.0. The van der Waals surface area contributed by atoms with Gasteiger partial charge in [0.2, 0.25) is 5.91 Å². The molecule has 1 aromatic heterocycles. The van der Waals surface area contributed by atoms with Crippen LogP contribution in [0.4, 0.5) is 10.8 Å². The Morgan fingerprint density at radius 1 is 1.28 bits per heavy atom. The van der Waals surface area contributed by atoms with Crippen molar-refractivity contribution in [2.75, 3.05) is 29.9 Å². The number of aryl methyl sites for hydroxylation is 2. The fourth-order valence-corrected chi connectivity index (χ4v) is 4.92. The van der Waals surface area contributed by atoms with Crippen LogP contribution in [0.2, 0.25) is 0 Å². The zero-order valence-electron chi connectivity index (χ0n) is 17.2. The molecule has 2 heterocycles. The van der Waals surface area contributed by atoms with Crippen molar-refractivity contribution in [3.8, 4) is 5.75 Å². The molecule has 1 amide bonds. The van der Waals surface area contributed by atoms with E-state index >= 15 is 0 Å². The van der Waals surface area contributed by atoms with E-state index in [1.165, 1.54) is 0 Å². The third kappa shape index (κ3) is 4.22. The predicted molar refractivity (Wildman–Crippen MR) is 120 cm³/mol. The van der Waals surface area contributed by atoms with Crippen molar-refractivity contribution in [2.45, 2.75) is 33.6 Å². The molecule has 1 aliphatic rings. The molecule has 0 aliphatic carbocycles. The molecule has 0 unspecified atom stereocenters. The molecule has 6 heteroatoms. The lowest BCUT2D eigenvalue weighted by atomic mass is 9.97. The molecule has 5 nitrogen and oxygen atoms in total. The largest absolute Gasteiger partial charge is 0.494 e. The van der Waals surface area contributed by atoms with Crippen LogP contribution in [0.1, 0.15) is 30.9 Å². The van der Waals surface area contributed by atoms with Crippen molar-refractivity contribution in [1.82, 2.24) is 4.98 Å². The van der Waals surface area contributed by atoms with Crippen LogP contribution in [0.25, 0.3) is 10.2 Å². The van der Waals surface area contributed by atoms with Crippen molar-refractivity contribution >= 4 is 38.3 Å². The Balaban J connectivity index is 1.49. The zero-order valence-corrected chi connectivity index (χ0v) is 18.0. The average Bonchev–Trinajstić information content (AvgIpc) is 3.14. The SMILES string of the molecule is CCOc1ccc2nc(N3CCC[C@@H](C(=O)Nc4c(C)cccc4C)C3)sc2c1. The lowest BCUT2D eigenvalue weighted by molar-refractivity contribution is -0.120. The number of hydrogen-bond donors (Lipinski definition) is 1. The summed E-state index contributed by atoms with van der Waals surface area (Å²) in [6.45, 7) is 8.35. The first-order chi connectivity index (χ1) is 14.0. The maximum atomic E-state index is 13.0. The number of thiazole rings is 1. The van der Waals surface area contributed by atoms with Gasteiger partial charge in [-0.2, -0.15) is 0 Å². The highest BCUT2D eigenvalue weighted by atomic mass is 32.1. The zero-order chi connectivity index (χ0) is 20.4. The number of piperidine rings is 1. The van der Waals surface area contributed by atoms with Crippen LogP contribution in [0.5, 0.6) is 5.75 Å². The molecule has 0 bridgehead atoms. The third-order valence-electron chi connectivity index (χ3n) is 5.45. The van der Waals surface area contributed by atoms with Gasteiger partial charge < -0.3 is 15.0 Å². The quantitative estimate of drug-likeness (QED) is 0.632. The highest BCUT2D eigenvalue weighted by Gasteiger charge is 2.28. The van der Waals surface area contributed by atoms with Crippen molar-refractivity contribution in [1.29, 1.82) is 0 Å². The standard InChI is InChI=1S/C23H27N3O2S/c1-4-28-18-10-11-19-20(13-18)29-23(24-19)26-12-6-9-17(14-26)22(27)25-21-15(2)7-5-8-16(21)3/h5,7-8,10-11,13,17H,4,6,9,12,14H2,1-3H3,(H,25,27)/t17-/m1/s1. The number of nitrogens with zero attached hydrogens (tertiary/aromatic N) is 2. The molecule has 1 aliphatic heterocycles. The monoisotopic (exact) mass is 409 g/mol. The van der Waals surface area contributed by atoms with Crippen LogP contribution < -0.4 is 15.0 Å². The highest BCUT2D eigenvalue weighted by Crippen LogP contribution is 2.34. The maximum absolute atomic E-state index is 13.0. The van der Waals surface area contributed by atoms with Crippen LogP contribution in [-0.4, -0.2) is 30.6 Å². The summed E-state index contributed by atoms with van der Waals surface area (Å²) in [5.41, 5.74) is 4.12. The summed E-state index contributed by atoms with van der Waals surface area (Å²) in [6.07, 6.45) is 1.90. The van der Waals surface area contributed by atoms with Crippen LogP contribution in [0, 0.1) is 19.8 Å². The second-order valence-corrected chi connectivity index (χ2v) is 8.61. The van der Waals surface area contributed by atoms with E-state index in [4.69, 9.17) is 9.72 Å². The molecule has 1 fully saturated rings. The fourth-order valence-electron chi connectivity index (χ4n) is 3.89. The van der Waals surface area contributed by atoms with E-state index in [2.05, 4.69) is 16.3 Å². The Bertz CT molecular complexity index is 1010. The molecule has 1 atom stereocenters. The van der Waals surface area contributed by atoms with E-state index in [1.807, 2.05) is 51.1 Å². The minimum absolute atomic E-state index is 0.0336. The number of carbonyl (C=O) groups is 1. The molecule has 1 saturated heterocycles. The second kappa shape index (κ2) is 8.41. The molecular formula is C23H27N3O2S. The van der Waals surface area contributed by atoms with Crippen molar-refractivity contribution < 1.29 is 9.53 Å². The number of anilines is 2. The third-order valence-corrected chi connectivity index (χ3v) is 6.53. The summed E-state index contributed by atoms with van der Waals surface area (Å²) < 4.78 is 6.72. The normalized spacial score (nSPS) is 16.8. The number of amides is 1. The molecule has 0 saturated carbocycles. The summed E-state index contributed by atoms with van der Waals surface area (Å²) in [5, 5.41) is 4.15. The van der Waals surface area contributed by atoms with Crippen LogP contribution in [-0.2, 0) is 4.79 Å². The van der Waals surface area contributed by atoms with E-state index in [0.717, 1.165) is 57.3 Å². The van der Waals surface area contributed by atoms with Crippen LogP contribution in [0.15, 0.2) is 36.4 Å². The summed E-state index contributed by atoms with van der Waals surface area (Å²) in [5.74, 6) is 0.945. The van der Waals surface area contributed by atoms with Gasteiger partial charge in [-0.3, -0.25) is 4.79 Å². The number of aromatic nitrogens is 1. The Hall–Kier alpha value is -2.60. The summed E-state index contributed by atoms with van der Waals surface area (Å²) in [7, 11) is 0. The number of rotatable bonds is 5. The van der Waals surface area contributed by atoms with E-state index in [0.29, 0.717) is 13.2 Å². The smallest absolute Gasteiger partial charge is 0.229 e. The Morgan fingerprint density at radius 2 is 2.07 bits per heavy atom. The van der Waals surface area contributed by atoms with E-state index in [1.54, 1.807) is 11.3 Å². The molecule has 29 heavy (non-hydrogen) atoms. The topological polar surface area (TPSA) is 54.5 Å². The minimum Gasteiger partial charge on any atom is -0.494 e. The number of ether oxygens (including phenoxy) is 1. The van der Waals surface area contributed by atoms with Gasteiger partial charge in [-0.05, 0) is 62.9 Å². The second-order valence-electron chi connectivity index (χ2n) is 7.60. The van der Waals surface area contributed by atoms with E-state index in [9.17, 15) is 4.79 Å². The van der Waals surface area contributed by atoms with Gasteiger partial charge in [-0.1, -0.05) is 29.5 Å². The number of hydrogen-bond acceptors (Lipinski definition) is 5. The molecule has 152 valence electrons. The fraction of sp³-hybridized carbons (Fsp3) is 0.391. The lowest BCUT2D eigenvalue weighted by Crippen LogP contribution is -2.40.